The maximum Gasteiger partial charge on any atom is 0.343 e. The van der Waals surface area contributed by atoms with Crippen LogP contribution in [0.1, 0.15) is 32.0 Å². The van der Waals surface area contributed by atoms with E-state index in [0.717, 1.165) is 0 Å². The van der Waals surface area contributed by atoms with Gasteiger partial charge in [0.05, 0.1) is 17.4 Å². The van der Waals surface area contributed by atoms with Crippen molar-refractivity contribution in [3.63, 3.8) is 0 Å². The summed E-state index contributed by atoms with van der Waals surface area (Å²) < 4.78 is 27.0. The topological polar surface area (TPSA) is 84.2 Å². The van der Waals surface area contributed by atoms with Crippen LogP contribution in [0.2, 0.25) is 0 Å². The summed E-state index contributed by atoms with van der Waals surface area (Å²) in [5.41, 5.74) is 1.28. The fourth-order valence-corrected chi connectivity index (χ4v) is 3.16. The monoisotopic (exact) mass is 390 g/mol. The van der Waals surface area contributed by atoms with E-state index in [1.54, 1.807) is 49.4 Å². The largest absolute Gasteiger partial charge is 0.465 e. The van der Waals surface area contributed by atoms with Crippen molar-refractivity contribution in [2.24, 2.45) is 0 Å². The fraction of sp³-hybridized carbons (Fsp3) is 0.0909. The number of allylic oxidation sites excluding steroid dienone is 1. The van der Waals surface area contributed by atoms with Gasteiger partial charge in [-0.1, -0.05) is 0 Å². The molecule has 0 N–H and O–H groups in total. The number of ketones is 1. The van der Waals surface area contributed by atoms with Crippen LogP contribution in [-0.4, -0.2) is 18.5 Å². The minimum absolute atomic E-state index is 0.122. The normalized spacial score (nSPS) is 15.3. The Bertz CT molecular complexity index is 1170. The molecule has 0 fully saturated rings. The van der Waals surface area contributed by atoms with Crippen molar-refractivity contribution in [1.82, 2.24) is 0 Å². The van der Waals surface area contributed by atoms with E-state index in [1.165, 1.54) is 12.3 Å². The molecule has 5 rings (SSSR count). The highest BCUT2D eigenvalue weighted by molar-refractivity contribution is 6.14. The van der Waals surface area contributed by atoms with Crippen molar-refractivity contribution < 1.29 is 33.0 Å². The molecule has 2 aromatic carbocycles. The lowest BCUT2D eigenvalue weighted by atomic mass is 10.1. The van der Waals surface area contributed by atoms with Gasteiger partial charge in [0.2, 0.25) is 12.6 Å². The van der Waals surface area contributed by atoms with Gasteiger partial charge < -0.3 is 23.4 Å². The molecule has 0 unspecified atom stereocenters. The molecule has 144 valence electrons. The number of fused-ring (bicyclic) bond motifs is 2. The van der Waals surface area contributed by atoms with Crippen molar-refractivity contribution in [2.75, 3.05) is 6.79 Å². The molecule has 29 heavy (non-hydrogen) atoms. The number of hydrogen-bond acceptors (Lipinski definition) is 7. The van der Waals surface area contributed by atoms with Gasteiger partial charge in [0.25, 0.3) is 0 Å². The molecule has 0 radical (unpaired) electrons. The van der Waals surface area contributed by atoms with Crippen LogP contribution in [0.5, 0.6) is 23.0 Å². The second-order valence-electron chi connectivity index (χ2n) is 6.48. The number of carbonyl (C=O) groups excluding carboxylic acids is 2. The molecule has 7 heteroatoms. The predicted octanol–water partition coefficient (Wildman–Crippen LogP) is 4.15. The molecule has 0 spiro atoms. The molecule has 0 aliphatic carbocycles. The van der Waals surface area contributed by atoms with E-state index < -0.39 is 5.97 Å². The van der Waals surface area contributed by atoms with Crippen LogP contribution < -0.4 is 18.9 Å². The Hall–Kier alpha value is -4.00. The van der Waals surface area contributed by atoms with Gasteiger partial charge >= 0.3 is 5.97 Å². The molecule has 1 aromatic heterocycles. The van der Waals surface area contributed by atoms with Gasteiger partial charge in [-0.05, 0) is 49.4 Å². The molecule has 2 aliphatic heterocycles. The molecule has 0 amide bonds. The number of hydrogen-bond donors (Lipinski definition) is 0. The molecule has 0 bridgehead atoms. The molecular formula is C22H14O7. The molecule has 0 saturated heterocycles. The van der Waals surface area contributed by atoms with E-state index in [-0.39, 0.29) is 18.3 Å². The third kappa shape index (κ3) is 2.93. The maximum absolute atomic E-state index is 12.6. The smallest absolute Gasteiger partial charge is 0.343 e. The number of benzene rings is 2. The Balaban J connectivity index is 1.41. The number of furan rings is 1. The highest BCUT2D eigenvalue weighted by Gasteiger charge is 2.31. The highest BCUT2D eigenvalue weighted by Crippen LogP contribution is 2.40. The summed E-state index contributed by atoms with van der Waals surface area (Å²) in [5.74, 6) is 1.59. The molecule has 2 aliphatic rings. The summed E-state index contributed by atoms with van der Waals surface area (Å²) in [6.07, 6.45) is 3.04. The number of ether oxygens (including phenoxy) is 4. The van der Waals surface area contributed by atoms with Crippen molar-refractivity contribution in [2.45, 2.75) is 6.92 Å². The van der Waals surface area contributed by atoms with Crippen molar-refractivity contribution in [1.29, 1.82) is 0 Å². The fourth-order valence-electron chi connectivity index (χ4n) is 3.16. The Morgan fingerprint density at radius 1 is 1.10 bits per heavy atom. The SMILES string of the molecule is Cc1c(OC(=O)c2ccc3c(c2)OCO3)ccc2c1O/C(=C\c1ccco1)C2=O. The first-order valence-corrected chi connectivity index (χ1v) is 8.83. The van der Waals surface area contributed by atoms with Crippen LogP contribution in [0.25, 0.3) is 6.08 Å². The zero-order valence-corrected chi connectivity index (χ0v) is 15.3. The number of rotatable bonds is 3. The first-order valence-electron chi connectivity index (χ1n) is 8.83. The lowest BCUT2D eigenvalue weighted by molar-refractivity contribution is 0.0732. The van der Waals surface area contributed by atoms with Gasteiger partial charge in [-0.25, -0.2) is 4.79 Å². The van der Waals surface area contributed by atoms with Crippen LogP contribution in [0.4, 0.5) is 0 Å². The Morgan fingerprint density at radius 2 is 1.97 bits per heavy atom. The first kappa shape index (κ1) is 17.1. The third-order valence-electron chi connectivity index (χ3n) is 4.66. The first-order chi connectivity index (χ1) is 14.1. The summed E-state index contributed by atoms with van der Waals surface area (Å²) >= 11 is 0. The van der Waals surface area contributed by atoms with E-state index in [4.69, 9.17) is 23.4 Å². The minimum Gasteiger partial charge on any atom is -0.465 e. The van der Waals surface area contributed by atoms with E-state index in [1.807, 2.05) is 0 Å². The van der Waals surface area contributed by atoms with Gasteiger partial charge in [0.1, 0.15) is 17.3 Å². The average Bonchev–Trinajstić information content (AvgIpc) is 3.46. The second kappa shape index (κ2) is 6.56. The zero-order valence-electron chi connectivity index (χ0n) is 15.3. The Kier molecular flexibility index (Phi) is 3.87. The van der Waals surface area contributed by atoms with Crippen LogP contribution in [0, 0.1) is 6.92 Å². The third-order valence-corrected chi connectivity index (χ3v) is 4.66. The quantitative estimate of drug-likeness (QED) is 0.377. The number of carbonyl (C=O) groups is 2. The molecule has 3 heterocycles. The number of Topliss-reactive ketones (excluding diaryl/α,β-unsaturated/α-hetero) is 1. The minimum atomic E-state index is -0.554. The molecule has 0 saturated carbocycles. The van der Waals surface area contributed by atoms with E-state index in [9.17, 15) is 9.59 Å². The summed E-state index contributed by atoms with van der Waals surface area (Å²) in [5, 5.41) is 0. The second-order valence-corrected chi connectivity index (χ2v) is 6.48. The molecular weight excluding hydrogens is 376 g/mol. The molecule has 3 aromatic rings. The summed E-state index contributed by atoms with van der Waals surface area (Å²) in [6, 6.07) is 11.4. The lowest BCUT2D eigenvalue weighted by Crippen LogP contribution is -2.09. The lowest BCUT2D eigenvalue weighted by Gasteiger charge is -2.10. The summed E-state index contributed by atoms with van der Waals surface area (Å²) in [4.78, 5) is 25.1. The van der Waals surface area contributed by atoms with Crippen LogP contribution in [0.15, 0.2) is 58.9 Å². The van der Waals surface area contributed by atoms with Gasteiger partial charge in [0, 0.05) is 11.6 Å². The Morgan fingerprint density at radius 3 is 2.79 bits per heavy atom. The Labute approximate surface area is 165 Å². The van der Waals surface area contributed by atoms with E-state index >= 15 is 0 Å². The van der Waals surface area contributed by atoms with Gasteiger partial charge in [-0.3, -0.25) is 4.79 Å². The maximum atomic E-state index is 12.6. The van der Waals surface area contributed by atoms with Gasteiger partial charge in [-0.2, -0.15) is 0 Å². The van der Waals surface area contributed by atoms with Gasteiger partial charge in [0.15, 0.2) is 17.3 Å². The van der Waals surface area contributed by atoms with E-state index in [0.29, 0.717) is 45.4 Å². The summed E-state index contributed by atoms with van der Waals surface area (Å²) in [7, 11) is 0. The zero-order chi connectivity index (χ0) is 20.0. The van der Waals surface area contributed by atoms with Crippen LogP contribution in [-0.2, 0) is 0 Å². The highest BCUT2D eigenvalue weighted by atomic mass is 16.7. The summed E-state index contributed by atoms with van der Waals surface area (Å²) in [6.45, 7) is 1.85. The molecule has 7 nitrogen and oxygen atoms in total. The van der Waals surface area contributed by atoms with Gasteiger partial charge in [-0.15, -0.1) is 0 Å². The standard InChI is InChI=1S/C22H14O7/c1-12-16(29-22(24)13-4-6-17-18(9-13)27-11-26-17)7-5-15-20(23)19(28-21(12)15)10-14-3-2-8-25-14/h2-10H,11H2,1H3/b19-10-. The van der Waals surface area contributed by atoms with E-state index in [2.05, 4.69) is 0 Å². The number of esters is 1. The average molecular weight is 390 g/mol. The van der Waals surface area contributed by atoms with Crippen molar-refractivity contribution in [3.8, 4) is 23.0 Å². The molecule has 0 atom stereocenters. The van der Waals surface area contributed by atoms with Crippen LogP contribution >= 0.6 is 0 Å². The van der Waals surface area contributed by atoms with Crippen molar-refractivity contribution in [3.05, 3.63) is 76.9 Å². The van der Waals surface area contributed by atoms with Crippen molar-refractivity contribution >= 4 is 17.8 Å². The predicted molar refractivity (Wildman–Crippen MR) is 100 cm³/mol. The van der Waals surface area contributed by atoms with Crippen LogP contribution in [0.3, 0.4) is 0 Å².